The molecule has 13 heteroatoms. The minimum atomic E-state index is -3.97. The Morgan fingerprint density at radius 3 is 2.23 bits per heavy atom. The van der Waals surface area contributed by atoms with Crippen LogP contribution in [0.5, 0.6) is 0 Å². The highest BCUT2D eigenvalue weighted by Gasteiger charge is 2.12. The maximum absolute atomic E-state index is 10.6. The summed E-state index contributed by atoms with van der Waals surface area (Å²) in [5, 5.41) is 4.24. The number of nitrogens with two attached hydrogens (primary N) is 1. The van der Waals surface area contributed by atoms with Crippen LogP contribution in [0.2, 0.25) is 0 Å². The lowest BCUT2D eigenvalue weighted by Gasteiger charge is -2.07. The molecular weight excluding hydrogens is 339 g/mol. The second-order valence-electron chi connectivity index (χ2n) is 3.72. The molecule has 0 unspecified atom stereocenters. The van der Waals surface area contributed by atoms with Gasteiger partial charge in [0.25, 0.3) is 5.90 Å². The van der Waals surface area contributed by atoms with E-state index in [0.29, 0.717) is 12.2 Å². The third-order valence-electron chi connectivity index (χ3n) is 1.36. The maximum Gasteiger partial charge on any atom is 0.420 e. The highest BCUT2D eigenvalue weighted by atomic mass is 32.2. The van der Waals surface area contributed by atoms with E-state index in [1.165, 1.54) is 7.05 Å². The Bertz CT molecular complexity index is 426. The highest BCUT2D eigenvalue weighted by Crippen LogP contribution is 2.28. The van der Waals surface area contributed by atoms with Gasteiger partial charge < -0.3 is 29.8 Å². The average Bonchev–Trinajstić information content (AvgIpc) is 2.34. The molecule has 0 atom stereocenters. The lowest BCUT2D eigenvalue weighted by molar-refractivity contribution is -0.113. The van der Waals surface area contributed by atoms with E-state index >= 15 is 0 Å². The largest absolute Gasteiger partial charge is 0.474 e. The van der Waals surface area contributed by atoms with E-state index in [-0.39, 0.29) is 18.5 Å². The molecular formula is C9H21N4O7PS. The lowest BCUT2D eigenvalue weighted by Crippen LogP contribution is -2.25. The number of nitrogens with one attached hydrogen (secondary N) is 2. The van der Waals surface area contributed by atoms with Gasteiger partial charge in [-0.25, -0.2) is 14.4 Å². The standard InChI is InChI=1S/C6H11N3O4S.C3H10NO3P/c1-3-12-5(4(7)10)9-14-13-6(11)8-2;1-3(2)4-8(5,6)7/h3H2,1-2H3,(H2,7,10)(H,8,11);3H,1-2H3,(H3,4,5,6,7). The van der Waals surface area contributed by atoms with Crippen LogP contribution in [0.1, 0.15) is 20.8 Å². The Morgan fingerprint density at radius 1 is 1.41 bits per heavy atom. The van der Waals surface area contributed by atoms with Gasteiger partial charge in [0.2, 0.25) is 12.2 Å². The van der Waals surface area contributed by atoms with Crippen LogP contribution in [-0.4, -0.2) is 47.4 Å². The fourth-order valence-corrected chi connectivity index (χ4v) is 1.81. The van der Waals surface area contributed by atoms with Gasteiger partial charge in [-0.3, -0.25) is 4.79 Å². The summed E-state index contributed by atoms with van der Waals surface area (Å²) in [4.78, 5) is 37.5. The first-order valence-corrected chi connectivity index (χ1v) is 8.23. The number of carbonyl (C=O) groups excluding carboxylic acids is 2. The van der Waals surface area contributed by atoms with Crippen molar-refractivity contribution in [2.45, 2.75) is 26.8 Å². The lowest BCUT2D eigenvalue weighted by atomic mass is 10.4. The molecule has 0 bridgehead atoms. The van der Waals surface area contributed by atoms with Crippen LogP contribution in [0.3, 0.4) is 0 Å². The van der Waals surface area contributed by atoms with Crippen LogP contribution in [-0.2, 0) is 18.3 Å². The molecule has 0 aromatic heterocycles. The van der Waals surface area contributed by atoms with Gasteiger partial charge in [0.05, 0.1) is 6.61 Å². The van der Waals surface area contributed by atoms with E-state index in [1.54, 1.807) is 20.8 Å². The monoisotopic (exact) mass is 360 g/mol. The van der Waals surface area contributed by atoms with Gasteiger partial charge in [0.1, 0.15) is 0 Å². The molecule has 0 aliphatic rings. The predicted molar refractivity (Wildman–Crippen MR) is 81.7 cm³/mol. The number of nitrogens with zero attached hydrogens (tertiary/aromatic N) is 1. The summed E-state index contributed by atoms with van der Waals surface area (Å²) < 4.78 is 22.7. The molecule has 0 aromatic carbocycles. The molecule has 0 fully saturated rings. The van der Waals surface area contributed by atoms with E-state index in [0.717, 1.165) is 0 Å². The van der Waals surface area contributed by atoms with E-state index in [2.05, 4.69) is 13.9 Å². The van der Waals surface area contributed by atoms with E-state index in [9.17, 15) is 14.2 Å². The van der Waals surface area contributed by atoms with Crippen LogP contribution in [0.4, 0.5) is 4.79 Å². The molecule has 0 rings (SSSR count). The normalized spacial score (nSPS) is 11.3. The summed E-state index contributed by atoms with van der Waals surface area (Å²) in [5.41, 5.74) is 4.91. The van der Waals surface area contributed by atoms with Gasteiger partial charge >= 0.3 is 19.7 Å². The minimum Gasteiger partial charge on any atom is -0.474 e. The van der Waals surface area contributed by atoms with E-state index < -0.39 is 19.7 Å². The second-order valence-corrected chi connectivity index (χ2v) is 5.56. The zero-order valence-corrected chi connectivity index (χ0v) is 14.3. The zero-order chi connectivity index (χ0) is 17.8. The van der Waals surface area contributed by atoms with Crippen molar-refractivity contribution in [1.29, 1.82) is 0 Å². The van der Waals surface area contributed by atoms with Crippen molar-refractivity contribution >= 4 is 37.9 Å². The first-order chi connectivity index (χ1) is 10.0. The van der Waals surface area contributed by atoms with Crippen molar-refractivity contribution in [1.82, 2.24) is 10.4 Å². The molecule has 0 aromatic rings. The minimum absolute atomic E-state index is 0.171. The summed E-state index contributed by atoms with van der Waals surface area (Å²) >= 11 is 0.412. The summed E-state index contributed by atoms with van der Waals surface area (Å²) in [6, 6.07) is -0.171. The highest BCUT2D eigenvalue weighted by molar-refractivity contribution is 7.93. The molecule has 0 aliphatic heterocycles. The van der Waals surface area contributed by atoms with Crippen LogP contribution >= 0.6 is 20.0 Å². The van der Waals surface area contributed by atoms with Crippen molar-refractivity contribution in [3.63, 3.8) is 0 Å². The second kappa shape index (κ2) is 12.2. The first-order valence-electron chi connectivity index (χ1n) is 5.92. The van der Waals surface area contributed by atoms with Crippen LogP contribution < -0.4 is 16.1 Å². The van der Waals surface area contributed by atoms with Gasteiger partial charge in [0, 0.05) is 13.1 Å². The quantitative estimate of drug-likeness (QED) is 0.147. The fraction of sp³-hybridized carbons (Fsp3) is 0.667. The number of rotatable bonds is 5. The summed E-state index contributed by atoms with van der Waals surface area (Å²) in [5.74, 6) is -1.11. The molecule has 0 aliphatic carbocycles. The third-order valence-corrected chi connectivity index (χ3v) is 2.67. The molecule has 2 amide bonds. The number of carbonyl (C=O) groups is 2. The van der Waals surface area contributed by atoms with Crippen LogP contribution in [0, 0.1) is 0 Å². The Balaban J connectivity index is 0. The van der Waals surface area contributed by atoms with Gasteiger partial charge in [-0.2, -0.15) is 0 Å². The number of hydrogen-bond acceptors (Lipinski definition) is 7. The fourth-order valence-electron chi connectivity index (χ4n) is 0.744. The Morgan fingerprint density at radius 2 is 1.95 bits per heavy atom. The molecule has 0 saturated carbocycles. The van der Waals surface area contributed by atoms with E-state index in [1.807, 2.05) is 5.09 Å². The average molecular weight is 360 g/mol. The molecule has 0 spiro atoms. The van der Waals surface area contributed by atoms with Gasteiger partial charge in [0.15, 0.2) is 0 Å². The Hall–Kier alpha value is -1.33. The van der Waals surface area contributed by atoms with Crippen LogP contribution in [0.15, 0.2) is 4.40 Å². The number of hydrogen-bond donors (Lipinski definition) is 5. The van der Waals surface area contributed by atoms with Crippen molar-refractivity contribution in [3.8, 4) is 0 Å². The Kier molecular flexibility index (Phi) is 12.8. The topological polar surface area (TPSA) is 173 Å². The number of ether oxygens (including phenoxy) is 1. The molecule has 130 valence electrons. The first kappa shape index (κ1) is 22.9. The van der Waals surface area contributed by atoms with E-state index in [4.69, 9.17) is 20.3 Å². The SMILES string of the molecule is CC(C)NP(=O)(O)O.CCOC(=NSOC(=O)NC)C(N)=O. The molecule has 0 heterocycles. The van der Waals surface area contributed by atoms with Gasteiger partial charge in [-0.1, -0.05) is 0 Å². The molecule has 22 heavy (non-hydrogen) atoms. The van der Waals surface area contributed by atoms with Gasteiger partial charge in [-0.05, 0) is 20.8 Å². The number of primary amides is 1. The van der Waals surface area contributed by atoms with Crippen molar-refractivity contribution < 1.29 is 32.9 Å². The van der Waals surface area contributed by atoms with Crippen LogP contribution in [0.25, 0.3) is 0 Å². The summed E-state index contributed by atoms with van der Waals surface area (Å²) in [6.45, 7) is 5.25. The predicted octanol–water partition coefficient (Wildman–Crippen LogP) is -0.0970. The smallest absolute Gasteiger partial charge is 0.420 e. The number of amides is 2. The molecule has 0 saturated heterocycles. The third kappa shape index (κ3) is 16.7. The van der Waals surface area contributed by atoms with Crippen molar-refractivity contribution in [3.05, 3.63) is 0 Å². The molecule has 6 N–H and O–H groups in total. The van der Waals surface area contributed by atoms with Crippen molar-refractivity contribution in [2.24, 2.45) is 10.1 Å². The summed E-state index contributed by atoms with van der Waals surface area (Å²) in [6.07, 6.45) is -0.681. The van der Waals surface area contributed by atoms with Crippen molar-refractivity contribution in [2.75, 3.05) is 13.7 Å². The maximum atomic E-state index is 10.6. The zero-order valence-electron chi connectivity index (χ0n) is 12.6. The molecule has 11 nitrogen and oxygen atoms in total. The Labute approximate surface area is 132 Å². The summed E-state index contributed by atoms with van der Waals surface area (Å²) in [7, 11) is -2.58. The molecule has 0 radical (unpaired) electrons. The van der Waals surface area contributed by atoms with Gasteiger partial charge in [-0.15, -0.1) is 4.40 Å².